The Balaban J connectivity index is 1.54. The van der Waals surface area contributed by atoms with E-state index in [0.29, 0.717) is 6.54 Å². The molecule has 0 unspecified atom stereocenters. The van der Waals surface area contributed by atoms with E-state index in [1.165, 1.54) is 38.8 Å². The van der Waals surface area contributed by atoms with Crippen LogP contribution in [0.1, 0.15) is 31.4 Å². The van der Waals surface area contributed by atoms with E-state index in [-0.39, 0.29) is 0 Å². The highest BCUT2D eigenvalue weighted by Gasteiger charge is 2.29. The summed E-state index contributed by atoms with van der Waals surface area (Å²) in [4.78, 5) is 2.58. The van der Waals surface area contributed by atoms with Crippen LogP contribution in [0.25, 0.3) is 0 Å². The van der Waals surface area contributed by atoms with Crippen molar-refractivity contribution in [2.45, 2.75) is 38.8 Å². The quantitative estimate of drug-likeness (QED) is 0.742. The molecule has 0 atom stereocenters. The second-order valence-electron chi connectivity index (χ2n) is 5.84. The Bertz CT molecular complexity index is 366. The van der Waals surface area contributed by atoms with Crippen molar-refractivity contribution in [2.75, 3.05) is 19.6 Å². The van der Waals surface area contributed by atoms with Gasteiger partial charge in [0, 0.05) is 32.4 Å². The third-order valence-electron chi connectivity index (χ3n) is 3.76. The van der Waals surface area contributed by atoms with Crippen molar-refractivity contribution in [3.63, 3.8) is 0 Å². The first-order valence-electron chi connectivity index (χ1n) is 7.15. The second kappa shape index (κ2) is 5.36. The van der Waals surface area contributed by atoms with E-state index in [4.69, 9.17) is 5.73 Å². The molecule has 18 heavy (non-hydrogen) atoms. The van der Waals surface area contributed by atoms with Gasteiger partial charge >= 0.3 is 0 Å². The van der Waals surface area contributed by atoms with Crippen molar-refractivity contribution in [1.29, 1.82) is 0 Å². The summed E-state index contributed by atoms with van der Waals surface area (Å²) in [5, 5.41) is 8.35. The molecule has 2 fully saturated rings. The number of rotatable bonds is 8. The molecule has 0 aromatic carbocycles. The summed E-state index contributed by atoms with van der Waals surface area (Å²) >= 11 is 0. The van der Waals surface area contributed by atoms with Gasteiger partial charge in [0.25, 0.3) is 0 Å². The fourth-order valence-electron chi connectivity index (χ4n) is 2.42. The monoisotopic (exact) mass is 249 g/mol. The van der Waals surface area contributed by atoms with Gasteiger partial charge < -0.3 is 5.73 Å². The van der Waals surface area contributed by atoms with Gasteiger partial charge in [-0.15, -0.1) is 5.10 Å². The van der Waals surface area contributed by atoms with Crippen molar-refractivity contribution < 1.29 is 0 Å². The van der Waals surface area contributed by atoms with Gasteiger partial charge in [-0.25, -0.2) is 0 Å². The Hall–Kier alpha value is -0.940. The molecule has 0 amide bonds. The van der Waals surface area contributed by atoms with Crippen molar-refractivity contribution >= 4 is 0 Å². The van der Waals surface area contributed by atoms with Crippen LogP contribution in [0, 0.1) is 11.8 Å². The first-order chi connectivity index (χ1) is 8.83. The lowest BCUT2D eigenvalue weighted by Gasteiger charge is -2.20. The number of aromatic nitrogens is 3. The largest absolute Gasteiger partial charge is 0.329 e. The van der Waals surface area contributed by atoms with E-state index in [9.17, 15) is 0 Å². The molecule has 5 heteroatoms. The minimum Gasteiger partial charge on any atom is -0.329 e. The summed E-state index contributed by atoms with van der Waals surface area (Å²) in [5.74, 6) is 1.89. The molecule has 0 saturated heterocycles. The number of nitrogens with two attached hydrogens (primary N) is 1. The predicted molar refractivity (Wildman–Crippen MR) is 69.8 cm³/mol. The highest BCUT2D eigenvalue weighted by atomic mass is 15.4. The van der Waals surface area contributed by atoms with Gasteiger partial charge in [-0.05, 0) is 37.5 Å². The van der Waals surface area contributed by atoms with Gasteiger partial charge in [0.15, 0.2) is 0 Å². The molecule has 100 valence electrons. The summed E-state index contributed by atoms with van der Waals surface area (Å²) in [6.45, 7) is 4.84. The summed E-state index contributed by atoms with van der Waals surface area (Å²) < 4.78 is 1.85. The van der Waals surface area contributed by atoms with Crippen molar-refractivity contribution in [3.8, 4) is 0 Å². The van der Waals surface area contributed by atoms with Gasteiger partial charge in [-0.3, -0.25) is 9.58 Å². The first kappa shape index (κ1) is 12.1. The average molecular weight is 249 g/mol. The van der Waals surface area contributed by atoms with Gasteiger partial charge in [-0.1, -0.05) is 5.21 Å². The Kier molecular flexibility index (Phi) is 3.61. The van der Waals surface area contributed by atoms with Crippen LogP contribution in [0.3, 0.4) is 0 Å². The highest BCUT2D eigenvalue weighted by Crippen LogP contribution is 2.34. The Morgan fingerprint density at radius 1 is 1.22 bits per heavy atom. The summed E-state index contributed by atoms with van der Waals surface area (Å²) in [6.07, 6.45) is 7.71. The summed E-state index contributed by atoms with van der Waals surface area (Å²) in [7, 11) is 0. The van der Waals surface area contributed by atoms with Gasteiger partial charge in [0.05, 0.1) is 12.2 Å². The van der Waals surface area contributed by atoms with Crippen LogP contribution < -0.4 is 5.73 Å². The van der Waals surface area contributed by atoms with Crippen molar-refractivity contribution in [1.82, 2.24) is 19.9 Å². The molecule has 2 aliphatic rings. The fourth-order valence-corrected chi connectivity index (χ4v) is 2.42. The average Bonchev–Trinajstić information content (AvgIpc) is 3.24. The molecule has 2 N–H and O–H groups in total. The van der Waals surface area contributed by atoms with E-state index in [0.717, 1.165) is 30.6 Å². The second-order valence-corrected chi connectivity index (χ2v) is 5.84. The summed E-state index contributed by atoms with van der Waals surface area (Å²) in [5.41, 5.74) is 6.61. The molecule has 2 saturated carbocycles. The minimum atomic E-state index is 0.622. The summed E-state index contributed by atoms with van der Waals surface area (Å²) in [6, 6.07) is 0. The zero-order valence-electron chi connectivity index (χ0n) is 11.0. The minimum absolute atomic E-state index is 0.622. The van der Waals surface area contributed by atoms with Crippen LogP contribution in [-0.4, -0.2) is 39.5 Å². The zero-order valence-corrected chi connectivity index (χ0v) is 11.0. The predicted octanol–water partition coefficient (Wildman–Crippen LogP) is 0.859. The van der Waals surface area contributed by atoms with Crippen molar-refractivity contribution in [3.05, 3.63) is 11.9 Å². The lowest BCUT2D eigenvalue weighted by molar-refractivity contribution is 0.241. The molecular formula is C13H23N5. The molecule has 1 aromatic rings. The molecule has 0 bridgehead atoms. The van der Waals surface area contributed by atoms with E-state index < -0.39 is 0 Å². The maximum atomic E-state index is 5.52. The van der Waals surface area contributed by atoms with Gasteiger partial charge in [0.2, 0.25) is 0 Å². The number of hydrogen-bond acceptors (Lipinski definition) is 4. The molecule has 1 heterocycles. The normalized spacial score (nSPS) is 19.7. The Labute approximate surface area is 108 Å². The molecule has 0 radical (unpaired) electrons. The van der Waals surface area contributed by atoms with E-state index in [1.54, 1.807) is 0 Å². The third kappa shape index (κ3) is 3.53. The van der Waals surface area contributed by atoms with Gasteiger partial charge in [-0.2, -0.15) is 0 Å². The SMILES string of the molecule is NCCn1cc(CN(CC2CC2)CC2CC2)nn1. The van der Waals surface area contributed by atoms with Crippen LogP contribution in [0.5, 0.6) is 0 Å². The molecule has 0 spiro atoms. The van der Waals surface area contributed by atoms with Crippen LogP contribution in [-0.2, 0) is 13.1 Å². The molecular weight excluding hydrogens is 226 g/mol. The van der Waals surface area contributed by atoms with E-state index in [2.05, 4.69) is 15.2 Å². The number of hydrogen-bond donors (Lipinski definition) is 1. The zero-order chi connectivity index (χ0) is 12.4. The Morgan fingerprint density at radius 3 is 2.44 bits per heavy atom. The van der Waals surface area contributed by atoms with Crippen LogP contribution in [0.15, 0.2) is 6.20 Å². The fraction of sp³-hybridized carbons (Fsp3) is 0.846. The lowest BCUT2D eigenvalue weighted by Crippen LogP contribution is -2.28. The van der Waals surface area contributed by atoms with Gasteiger partial charge in [0.1, 0.15) is 0 Å². The lowest BCUT2D eigenvalue weighted by atomic mass is 10.3. The molecule has 2 aliphatic carbocycles. The van der Waals surface area contributed by atoms with Crippen LogP contribution >= 0.6 is 0 Å². The van der Waals surface area contributed by atoms with E-state index in [1.807, 2.05) is 10.9 Å². The molecule has 3 rings (SSSR count). The topological polar surface area (TPSA) is 60.0 Å². The van der Waals surface area contributed by atoms with Crippen LogP contribution in [0.2, 0.25) is 0 Å². The maximum Gasteiger partial charge on any atom is 0.0967 e. The number of nitrogens with zero attached hydrogens (tertiary/aromatic N) is 4. The van der Waals surface area contributed by atoms with Crippen molar-refractivity contribution in [2.24, 2.45) is 17.6 Å². The third-order valence-corrected chi connectivity index (χ3v) is 3.76. The highest BCUT2D eigenvalue weighted by molar-refractivity contribution is 4.94. The molecule has 0 aliphatic heterocycles. The molecule has 5 nitrogen and oxygen atoms in total. The van der Waals surface area contributed by atoms with E-state index >= 15 is 0 Å². The molecule has 1 aromatic heterocycles. The smallest absolute Gasteiger partial charge is 0.0967 e. The standard InChI is InChI=1S/C13H23N5/c14-5-6-18-10-13(15-16-18)9-17(7-11-1-2-11)8-12-3-4-12/h10-12H,1-9,14H2. The van der Waals surface area contributed by atoms with Crippen LogP contribution in [0.4, 0.5) is 0 Å². The first-order valence-corrected chi connectivity index (χ1v) is 7.15. The maximum absolute atomic E-state index is 5.52. The Morgan fingerprint density at radius 2 is 1.89 bits per heavy atom.